The Morgan fingerprint density at radius 1 is 1.40 bits per heavy atom. The van der Waals surface area contributed by atoms with Crippen LogP contribution in [0.2, 0.25) is 0 Å². The highest BCUT2D eigenvalue weighted by atomic mass is 16.7. The molecule has 0 bridgehead atoms. The summed E-state index contributed by atoms with van der Waals surface area (Å²) in [5.74, 6) is -0.0234. The Bertz CT molecular complexity index is 496. The first-order chi connectivity index (χ1) is 9.49. The van der Waals surface area contributed by atoms with Gasteiger partial charge in [-0.15, -0.1) is 0 Å². The largest absolute Gasteiger partial charge is 0.347 e. The monoisotopic (exact) mass is 273 g/mol. The van der Waals surface area contributed by atoms with Crippen LogP contribution >= 0.6 is 0 Å². The molecule has 20 heavy (non-hydrogen) atoms. The van der Waals surface area contributed by atoms with Crippen LogP contribution < -0.4 is 0 Å². The maximum atomic E-state index is 9.58. The molecule has 3 rings (SSSR count). The Morgan fingerprint density at radius 3 is 2.70 bits per heavy atom. The first-order valence-corrected chi connectivity index (χ1v) is 7.53. The van der Waals surface area contributed by atoms with Gasteiger partial charge in [0.25, 0.3) is 0 Å². The summed E-state index contributed by atoms with van der Waals surface area (Å²) >= 11 is 0. The summed E-state index contributed by atoms with van der Waals surface area (Å²) in [6.07, 6.45) is 5.92. The Kier molecular flexibility index (Phi) is 3.27. The molecule has 1 saturated heterocycles. The average Bonchev–Trinajstić information content (AvgIpc) is 2.87. The Morgan fingerprint density at radius 2 is 2.10 bits per heavy atom. The zero-order valence-electron chi connectivity index (χ0n) is 12.4. The van der Waals surface area contributed by atoms with Gasteiger partial charge in [-0.05, 0) is 25.7 Å². The molecule has 1 heterocycles. The van der Waals surface area contributed by atoms with Gasteiger partial charge in [-0.2, -0.15) is 5.26 Å². The number of allylic oxidation sites excluding steroid dienone is 2. The van der Waals surface area contributed by atoms with Crippen LogP contribution in [0, 0.1) is 28.6 Å². The lowest BCUT2D eigenvalue weighted by Gasteiger charge is -2.49. The summed E-state index contributed by atoms with van der Waals surface area (Å²) in [4.78, 5) is 0. The van der Waals surface area contributed by atoms with Crippen LogP contribution in [0.1, 0.15) is 39.5 Å². The van der Waals surface area contributed by atoms with E-state index in [9.17, 15) is 5.26 Å². The third kappa shape index (κ3) is 2.03. The molecule has 1 spiro atoms. The smallest absolute Gasteiger partial charge is 0.172 e. The fraction of sp³-hybridized carbons (Fsp3) is 0.706. The number of hydrogen-bond donors (Lipinski definition) is 0. The average molecular weight is 273 g/mol. The van der Waals surface area contributed by atoms with E-state index in [4.69, 9.17) is 9.47 Å². The van der Waals surface area contributed by atoms with Gasteiger partial charge in [0.05, 0.1) is 25.2 Å². The minimum absolute atomic E-state index is 0.0126. The topological polar surface area (TPSA) is 42.2 Å². The van der Waals surface area contributed by atoms with Gasteiger partial charge < -0.3 is 9.47 Å². The van der Waals surface area contributed by atoms with Crippen LogP contribution in [-0.2, 0) is 9.47 Å². The number of nitriles is 1. The van der Waals surface area contributed by atoms with Gasteiger partial charge in [-0.1, -0.05) is 30.7 Å². The molecule has 0 N–H and O–H groups in total. The van der Waals surface area contributed by atoms with Crippen molar-refractivity contribution in [2.24, 2.45) is 17.3 Å². The number of ether oxygens (including phenoxy) is 2. The minimum atomic E-state index is -0.414. The van der Waals surface area contributed by atoms with Crippen LogP contribution in [0.15, 0.2) is 23.8 Å². The second-order valence-electron chi connectivity index (χ2n) is 6.76. The minimum Gasteiger partial charge on any atom is -0.347 e. The molecular weight excluding hydrogens is 250 g/mol. The van der Waals surface area contributed by atoms with Gasteiger partial charge in [-0.3, -0.25) is 0 Å². The molecule has 108 valence electrons. The third-order valence-electron chi connectivity index (χ3n) is 5.48. The van der Waals surface area contributed by atoms with Crippen molar-refractivity contribution in [2.45, 2.75) is 45.3 Å². The fourth-order valence-electron chi connectivity index (χ4n) is 3.95. The van der Waals surface area contributed by atoms with Gasteiger partial charge in [0, 0.05) is 18.3 Å². The highest BCUT2D eigenvalue weighted by Crippen LogP contribution is 2.56. The van der Waals surface area contributed by atoms with E-state index in [1.165, 1.54) is 5.57 Å². The number of hydrogen-bond acceptors (Lipinski definition) is 3. The molecule has 3 heteroatoms. The van der Waals surface area contributed by atoms with Crippen molar-refractivity contribution in [2.75, 3.05) is 13.2 Å². The predicted octanol–water partition coefficient (Wildman–Crippen LogP) is 3.58. The van der Waals surface area contributed by atoms with E-state index >= 15 is 0 Å². The highest BCUT2D eigenvalue weighted by molar-refractivity contribution is 5.30. The lowest BCUT2D eigenvalue weighted by Crippen LogP contribution is -2.45. The molecule has 0 radical (unpaired) electrons. The summed E-state index contributed by atoms with van der Waals surface area (Å²) in [5, 5.41) is 9.58. The van der Waals surface area contributed by atoms with Crippen molar-refractivity contribution < 1.29 is 9.47 Å². The summed E-state index contributed by atoms with van der Waals surface area (Å²) in [6.45, 7) is 9.76. The molecule has 0 unspecified atom stereocenters. The molecule has 3 nitrogen and oxygen atoms in total. The maximum absolute atomic E-state index is 9.58. The molecule has 0 aromatic rings. The van der Waals surface area contributed by atoms with E-state index in [1.54, 1.807) is 0 Å². The summed E-state index contributed by atoms with van der Waals surface area (Å²) in [7, 11) is 0. The van der Waals surface area contributed by atoms with Gasteiger partial charge in [0.2, 0.25) is 0 Å². The van der Waals surface area contributed by atoms with Crippen LogP contribution in [0.25, 0.3) is 0 Å². The van der Waals surface area contributed by atoms with Crippen molar-refractivity contribution in [1.29, 1.82) is 5.26 Å². The van der Waals surface area contributed by atoms with Crippen molar-refractivity contribution in [1.82, 2.24) is 0 Å². The number of nitrogens with zero attached hydrogens (tertiary/aromatic N) is 1. The second-order valence-corrected chi connectivity index (χ2v) is 6.76. The summed E-state index contributed by atoms with van der Waals surface area (Å²) in [6, 6.07) is 2.54. The fourth-order valence-corrected chi connectivity index (χ4v) is 3.95. The Hall–Kier alpha value is -1.11. The standard InChI is InChI=1S/C17H23NO2/c1-12(2)13-8-14-10-17(19-6-7-20-17)5-4-16(14,3)15(9-13)11-18/h8,13,15H,1,4-7,9-10H2,2-3H3/t13-,15-,16-/m1/s1. The molecular formula is C17H23NO2. The van der Waals surface area contributed by atoms with Crippen LogP contribution in [-0.4, -0.2) is 19.0 Å². The number of rotatable bonds is 1. The summed E-state index contributed by atoms with van der Waals surface area (Å²) < 4.78 is 11.7. The van der Waals surface area contributed by atoms with E-state index in [-0.39, 0.29) is 11.3 Å². The van der Waals surface area contributed by atoms with Crippen LogP contribution in [0.3, 0.4) is 0 Å². The van der Waals surface area contributed by atoms with E-state index < -0.39 is 5.79 Å². The molecule has 0 aromatic heterocycles. The molecule has 1 aliphatic heterocycles. The van der Waals surface area contributed by atoms with Crippen LogP contribution in [0.5, 0.6) is 0 Å². The van der Waals surface area contributed by atoms with E-state index in [1.807, 2.05) is 0 Å². The Labute approximate surface area is 121 Å². The molecule has 3 atom stereocenters. The lowest BCUT2D eigenvalue weighted by atomic mass is 9.57. The second kappa shape index (κ2) is 4.72. The van der Waals surface area contributed by atoms with E-state index in [0.29, 0.717) is 19.1 Å². The maximum Gasteiger partial charge on any atom is 0.172 e. The first kappa shape index (κ1) is 13.9. The van der Waals surface area contributed by atoms with E-state index in [2.05, 4.69) is 32.6 Å². The molecule has 1 saturated carbocycles. The Balaban J connectivity index is 1.95. The molecule has 2 fully saturated rings. The predicted molar refractivity (Wildman–Crippen MR) is 76.7 cm³/mol. The van der Waals surface area contributed by atoms with E-state index in [0.717, 1.165) is 31.3 Å². The van der Waals surface area contributed by atoms with Crippen molar-refractivity contribution in [3.05, 3.63) is 23.8 Å². The molecule has 3 aliphatic rings. The zero-order valence-corrected chi connectivity index (χ0v) is 12.4. The zero-order chi connectivity index (χ0) is 14.4. The van der Waals surface area contributed by atoms with Crippen molar-refractivity contribution in [3.8, 4) is 6.07 Å². The van der Waals surface area contributed by atoms with Gasteiger partial charge in [-0.25, -0.2) is 0 Å². The molecule has 2 aliphatic carbocycles. The summed E-state index contributed by atoms with van der Waals surface area (Å²) in [5.41, 5.74) is 2.48. The van der Waals surface area contributed by atoms with Crippen molar-refractivity contribution >= 4 is 0 Å². The van der Waals surface area contributed by atoms with Gasteiger partial charge >= 0.3 is 0 Å². The SMILES string of the molecule is C=C(C)[C@@H]1C=C2CC3(CC[C@@]2(C)[C@@H](C#N)C1)OCCO3. The van der Waals surface area contributed by atoms with Crippen LogP contribution in [0.4, 0.5) is 0 Å². The molecule has 0 amide bonds. The normalized spacial score (nSPS) is 39.0. The highest BCUT2D eigenvalue weighted by Gasteiger charge is 2.52. The van der Waals surface area contributed by atoms with Gasteiger partial charge in [0.15, 0.2) is 5.79 Å². The van der Waals surface area contributed by atoms with Crippen molar-refractivity contribution in [3.63, 3.8) is 0 Å². The van der Waals surface area contributed by atoms with Gasteiger partial charge in [0.1, 0.15) is 0 Å². The molecule has 0 aromatic carbocycles. The lowest BCUT2D eigenvalue weighted by molar-refractivity contribution is -0.179. The number of fused-ring (bicyclic) bond motifs is 1. The quantitative estimate of drug-likeness (QED) is 0.686. The first-order valence-electron chi connectivity index (χ1n) is 7.53. The third-order valence-corrected chi connectivity index (χ3v) is 5.48.